The Balaban J connectivity index is 4.08. The third-order valence-electron chi connectivity index (χ3n) is 0.563. The smallest absolute Gasteiger partial charge is 0.221 e. The normalized spacial score (nSPS) is 14.4. The van der Waals surface area contributed by atoms with Gasteiger partial charge in [0.15, 0.2) is 5.96 Å². The Morgan fingerprint density at radius 2 is 1.90 bits per heavy atom. The van der Waals surface area contributed by atoms with Gasteiger partial charge in [-0.15, -0.1) is 0 Å². The molecule has 1 unspecified atom stereocenters. The van der Waals surface area contributed by atoms with E-state index in [1.807, 2.05) is 0 Å². The van der Waals surface area contributed by atoms with E-state index >= 15 is 0 Å². The zero-order chi connectivity index (χ0) is 8.15. The Kier molecular flexibility index (Phi) is 3.20. The first-order valence-corrected chi connectivity index (χ1v) is 2.63. The molecule has 0 heterocycles. The van der Waals surface area contributed by atoms with Crippen molar-refractivity contribution in [2.45, 2.75) is 13.2 Å². The highest BCUT2D eigenvalue weighted by Crippen LogP contribution is 1.81. The molecule has 0 aliphatic heterocycles. The summed E-state index contributed by atoms with van der Waals surface area (Å²) in [7, 11) is 0. The number of rotatable bonds is 1. The summed E-state index contributed by atoms with van der Waals surface area (Å²) in [6.07, 6.45) is -0.886. The van der Waals surface area contributed by atoms with E-state index < -0.39 is 6.23 Å². The quantitative estimate of drug-likeness (QED) is 0.249. The number of aliphatic imine (C=N–C) groups is 2. The summed E-state index contributed by atoms with van der Waals surface area (Å²) in [5.74, 6) is -0.308. The number of hydrogen-bond donors (Lipinski definition) is 4. The van der Waals surface area contributed by atoms with E-state index in [1.54, 1.807) is 0 Å². The topological polar surface area (TPSA) is 123 Å². The van der Waals surface area contributed by atoms with E-state index in [1.165, 1.54) is 6.92 Å². The summed E-state index contributed by atoms with van der Waals surface area (Å²) in [5, 5.41) is 8.62. The lowest BCUT2D eigenvalue weighted by atomic mass is 10.7. The Morgan fingerprint density at radius 1 is 1.40 bits per heavy atom. The first-order chi connectivity index (χ1) is 4.52. The molecular weight excluding hydrogens is 134 g/mol. The molecule has 0 fully saturated rings. The van der Waals surface area contributed by atoms with Crippen LogP contribution in [-0.2, 0) is 0 Å². The summed E-state index contributed by atoms with van der Waals surface area (Å²) in [6.45, 7) is 1.44. The van der Waals surface area contributed by atoms with Crippen LogP contribution in [0.1, 0.15) is 6.92 Å². The Bertz CT molecular complexity index is 157. The Morgan fingerprint density at radius 3 is 2.20 bits per heavy atom. The van der Waals surface area contributed by atoms with E-state index in [0.29, 0.717) is 0 Å². The minimum atomic E-state index is -0.886. The molecule has 6 nitrogen and oxygen atoms in total. The van der Waals surface area contributed by atoms with Crippen molar-refractivity contribution >= 4 is 11.9 Å². The standard InChI is InChI=1S/C4H11N5O/c1-2(10)8-4(7)9-3(5)6/h2,10H,1H3,(H6,5,6,7,8,9). The van der Waals surface area contributed by atoms with Crippen molar-refractivity contribution in [2.24, 2.45) is 27.2 Å². The highest BCUT2D eigenvalue weighted by atomic mass is 16.3. The second-order valence-corrected chi connectivity index (χ2v) is 1.66. The van der Waals surface area contributed by atoms with Crippen molar-refractivity contribution in [3.05, 3.63) is 0 Å². The molecule has 0 spiro atoms. The van der Waals surface area contributed by atoms with Crippen LogP contribution in [0.25, 0.3) is 0 Å². The molecule has 0 rings (SSSR count). The maximum atomic E-state index is 8.62. The third-order valence-corrected chi connectivity index (χ3v) is 0.563. The number of aliphatic hydroxyl groups excluding tert-OH is 1. The maximum absolute atomic E-state index is 8.62. The molecule has 0 saturated heterocycles. The van der Waals surface area contributed by atoms with Gasteiger partial charge < -0.3 is 22.3 Å². The van der Waals surface area contributed by atoms with Gasteiger partial charge in [-0.1, -0.05) is 0 Å². The number of nitrogens with two attached hydrogens (primary N) is 3. The highest BCUT2D eigenvalue weighted by Gasteiger charge is 1.91. The van der Waals surface area contributed by atoms with E-state index in [-0.39, 0.29) is 11.9 Å². The van der Waals surface area contributed by atoms with Crippen molar-refractivity contribution in [1.82, 2.24) is 0 Å². The van der Waals surface area contributed by atoms with Gasteiger partial charge >= 0.3 is 0 Å². The highest BCUT2D eigenvalue weighted by molar-refractivity contribution is 5.92. The summed E-state index contributed by atoms with van der Waals surface area (Å²) < 4.78 is 0. The van der Waals surface area contributed by atoms with Gasteiger partial charge in [0.05, 0.1) is 0 Å². The molecule has 1 atom stereocenters. The van der Waals surface area contributed by atoms with Gasteiger partial charge in [0.25, 0.3) is 0 Å². The minimum Gasteiger partial charge on any atom is -0.372 e. The molecule has 0 aliphatic rings. The second-order valence-electron chi connectivity index (χ2n) is 1.66. The number of nitrogens with zero attached hydrogens (tertiary/aromatic N) is 2. The minimum absolute atomic E-state index is 0.130. The predicted octanol–water partition coefficient (Wildman–Crippen LogP) is -2.09. The van der Waals surface area contributed by atoms with Gasteiger partial charge in [-0.25, -0.2) is 4.99 Å². The van der Waals surface area contributed by atoms with Gasteiger partial charge in [0, 0.05) is 0 Å². The molecule has 0 aromatic carbocycles. The van der Waals surface area contributed by atoms with E-state index in [4.69, 9.17) is 22.3 Å². The average Bonchev–Trinajstić information content (AvgIpc) is 1.58. The van der Waals surface area contributed by atoms with Crippen molar-refractivity contribution < 1.29 is 5.11 Å². The molecule has 0 aromatic rings. The van der Waals surface area contributed by atoms with E-state index in [2.05, 4.69) is 9.98 Å². The number of guanidine groups is 2. The van der Waals surface area contributed by atoms with Gasteiger partial charge in [-0.3, -0.25) is 0 Å². The number of hydrogen-bond acceptors (Lipinski definition) is 2. The monoisotopic (exact) mass is 145 g/mol. The molecule has 0 bridgehead atoms. The van der Waals surface area contributed by atoms with Gasteiger partial charge in [-0.05, 0) is 6.92 Å². The summed E-state index contributed by atoms with van der Waals surface area (Å²) in [5.41, 5.74) is 15.0. The van der Waals surface area contributed by atoms with Gasteiger partial charge in [0.2, 0.25) is 5.96 Å². The van der Waals surface area contributed by atoms with Crippen LogP contribution in [0.5, 0.6) is 0 Å². The van der Waals surface area contributed by atoms with Crippen LogP contribution in [0.4, 0.5) is 0 Å². The fourth-order valence-electron chi connectivity index (χ4n) is 0.353. The SMILES string of the molecule is CC(O)N=C(N)N=C(N)N. The average molecular weight is 145 g/mol. The zero-order valence-electron chi connectivity index (χ0n) is 5.65. The summed E-state index contributed by atoms with van der Waals surface area (Å²) in [6, 6.07) is 0. The van der Waals surface area contributed by atoms with Crippen molar-refractivity contribution in [2.75, 3.05) is 0 Å². The molecule has 6 heteroatoms. The first-order valence-electron chi connectivity index (χ1n) is 2.63. The van der Waals surface area contributed by atoms with Crippen LogP contribution in [0, 0.1) is 0 Å². The molecule has 0 amide bonds. The lowest BCUT2D eigenvalue weighted by molar-refractivity contribution is 0.205. The van der Waals surface area contributed by atoms with E-state index in [9.17, 15) is 0 Å². The predicted molar refractivity (Wildman–Crippen MR) is 39.1 cm³/mol. The van der Waals surface area contributed by atoms with Crippen LogP contribution in [0.3, 0.4) is 0 Å². The summed E-state index contributed by atoms with van der Waals surface area (Å²) >= 11 is 0. The lowest BCUT2D eigenvalue weighted by Gasteiger charge is -1.96. The Labute approximate surface area is 58.4 Å². The van der Waals surface area contributed by atoms with Crippen LogP contribution in [-0.4, -0.2) is 23.3 Å². The maximum Gasteiger partial charge on any atom is 0.221 e. The largest absolute Gasteiger partial charge is 0.372 e. The van der Waals surface area contributed by atoms with Gasteiger partial charge in [-0.2, -0.15) is 4.99 Å². The van der Waals surface area contributed by atoms with Crippen LogP contribution in [0.2, 0.25) is 0 Å². The molecule has 0 aliphatic carbocycles. The zero-order valence-corrected chi connectivity index (χ0v) is 5.65. The van der Waals surface area contributed by atoms with Gasteiger partial charge in [0.1, 0.15) is 6.23 Å². The molecule has 10 heavy (non-hydrogen) atoms. The lowest BCUT2D eigenvalue weighted by Crippen LogP contribution is -2.27. The molecule has 0 aromatic heterocycles. The van der Waals surface area contributed by atoms with Crippen molar-refractivity contribution in [3.8, 4) is 0 Å². The molecule has 7 N–H and O–H groups in total. The van der Waals surface area contributed by atoms with Crippen LogP contribution >= 0.6 is 0 Å². The van der Waals surface area contributed by atoms with Crippen molar-refractivity contribution in [1.29, 1.82) is 0 Å². The van der Waals surface area contributed by atoms with Crippen LogP contribution in [0.15, 0.2) is 9.98 Å². The first kappa shape index (κ1) is 8.70. The summed E-state index contributed by atoms with van der Waals surface area (Å²) in [4.78, 5) is 6.78. The second kappa shape index (κ2) is 3.67. The van der Waals surface area contributed by atoms with Crippen LogP contribution < -0.4 is 17.2 Å². The molecule has 0 radical (unpaired) electrons. The Hall–Kier alpha value is -1.30. The number of aliphatic hydroxyl groups is 1. The van der Waals surface area contributed by atoms with E-state index in [0.717, 1.165) is 0 Å². The van der Waals surface area contributed by atoms with Crippen molar-refractivity contribution in [3.63, 3.8) is 0 Å². The molecule has 0 saturated carbocycles. The molecular formula is C4H11N5O. The fourth-order valence-corrected chi connectivity index (χ4v) is 0.353. The third kappa shape index (κ3) is 4.85. The fraction of sp³-hybridized carbons (Fsp3) is 0.500. The molecule has 58 valence electrons.